The van der Waals surface area contributed by atoms with Crippen molar-refractivity contribution in [1.29, 1.82) is 0 Å². The monoisotopic (exact) mass is 254 g/mol. The van der Waals surface area contributed by atoms with Crippen molar-refractivity contribution in [1.82, 2.24) is 4.90 Å². The first-order valence-corrected chi connectivity index (χ1v) is 5.63. The van der Waals surface area contributed by atoms with Crippen LogP contribution in [0, 0.1) is 0 Å². The van der Waals surface area contributed by atoms with Crippen molar-refractivity contribution in [2.75, 3.05) is 6.54 Å². The lowest BCUT2D eigenvalue weighted by Gasteiger charge is -2.33. The standard InChI is InChI=1S/C13H18N2O.ClH/c1-13(2,14)12(16)15-8-7-10-5-3-4-6-11(10)9-15;/h3-6H,7-9,14H2,1-2H3;1H. The van der Waals surface area contributed by atoms with Gasteiger partial charge in [-0.2, -0.15) is 0 Å². The fourth-order valence-corrected chi connectivity index (χ4v) is 2.08. The van der Waals surface area contributed by atoms with Crippen molar-refractivity contribution < 1.29 is 4.79 Å². The number of fused-ring (bicyclic) bond motifs is 1. The molecule has 1 aliphatic heterocycles. The Labute approximate surface area is 108 Å². The zero-order valence-electron chi connectivity index (χ0n) is 10.3. The molecule has 1 aromatic carbocycles. The van der Waals surface area contributed by atoms with Crippen LogP contribution in [-0.4, -0.2) is 22.9 Å². The minimum Gasteiger partial charge on any atom is -0.336 e. The molecule has 0 bridgehead atoms. The van der Waals surface area contributed by atoms with E-state index in [2.05, 4.69) is 12.1 Å². The van der Waals surface area contributed by atoms with Gasteiger partial charge in [0.15, 0.2) is 0 Å². The highest BCUT2D eigenvalue weighted by Crippen LogP contribution is 2.20. The van der Waals surface area contributed by atoms with E-state index in [9.17, 15) is 4.79 Å². The lowest BCUT2D eigenvalue weighted by molar-refractivity contribution is -0.136. The first-order chi connectivity index (χ1) is 7.48. The van der Waals surface area contributed by atoms with Crippen LogP contribution in [0.1, 0.15) is 25.0 Å². The predicted octanol–water partition coefficient (Wildman–Crippen LogP) is 1.73. The van der Waals surface area contributed by atoms with Crippen LogP contribution in [0.5, 0.6) is 0 Å². The van der Waals surface area contributed by atoms with Crippen LogP contribution in [0.25, 0.3) is 0 Å². The van der Waals surface area contributed by atoms with Crippen molar-refractivity contribution in [3.63, 3.8) is 0 Å². The maximum atomic E-state index is 12.0. The quantitative estimate of drug-likeness (QED) is 0.830. The Morgan fingerprint density at radius 3 is 2.47 bits per heavy atom. The number of amides is 1. The van der Waals surface area contributed by atoms with E-state index in [1.54, 1.807) is 13.8 Å². The average Bonchev–Trinajstić information content (AvgIpc) is 2.26. The summed E-state index contributed by atoms with van der Waals surface area (Å²) in [6.07, 6.45) is 0.929. The van der Waals surface area contributed by atoms with Crippen molar-refractivity contribution in [3.8, 4) is 0 Å². The Bertz CT molecular complexity index is 412. The van der Waals surface area contributed by atoms with E-state index in [1.807, 2.05) is 17.0 Å². The Hall–Kier alpha value is -1.06. The SMILES string of the molecule is CC(C)(N)C(=O)N1CCc2ccccc2C1.Cl. The highest BCUT2D eigenvalue weighted by atomic mass is 35.5. The summed E-state index contributed by atoms with van der Waals surface area (Å²) < 4.78 is 0. The molecule has 1 amide bonds. The number of rotatable bonds is 1. The smallest absolute Gasteiger partial charge is 0.242 e. The van der Waals surface area contributed by atoms with Crippen LogP contribution < -0.4 is 5.73 Å². The topological polar surface area (TPSA) is 46.3 Å². The van der Waals surface area contributed by atoms with Gasteiger partial charge in [-0.3, -0.25) is 4.79 Å². The summed E-state index contributed by atoms with van der Waals surface area (Å²) in [5.41, 5.74) is 7.66. The van der Waals surface area contributed by atoms with Crippen molar-refractivity contribution >= 4 is 18.3 Å². The van der Waals surface area contributed by atoms with Crippen LogP contribution >= 0.6 is 12.4 Å². The molecule has 0 aromatic heterocycles. The molecule has 0 saturated carbocycles. The van der Waals surface area contributed by atoms with Gasteiger partial charge >= 0.3 is 0 Å². The zero-order chi connectivity index (χ0) is 11.8. The normalized spacial score (nSPS) is 14.9. The third kappa shape index (κ3) is 2.99. The van der Waals surface area contributed by atoms with Gasteiger partial charge < -0.3 is 10.6 Å². The average molecular weight is 255 g/mol. The zero-order valence-corrected chi connectivity index (χ0v) is 11.1. The summed E-state index contributed by atoms with van der Waals surface area (Å²) in [7, 11) is 0. The molecule has 4 heteroatoms. The van der Waals surface area contributed by atoms with Crippen LogP contribution in [0.15, 0.2) is 24.3 Å². The van der Waals surface area contributed by atoms with Crippen LogP contribution in [0.2, 0.25) is 0 Å². The van der Waals surface area contributed by atoms with E-state index in [4.69, 9.17) is 5.73 Å². The lowest BCUT2D eigenvalue weighted by atomic mass is 9.97. The minimum absolute atomic E-state index is 0. The van der Waals surface area contributed by atoms with E-state index < -0.39 is 5.54 Å². The largest absolute Gasteiger partial charge is 0.336 e. The molecule has 0 radical (unpaired) electrons. The van der Waals surface area contributed by atoms with Gasteiger partial charge in [0.25, 0.3) is 0 Å². The number of carbonyl (C=O) groups is 1. The van der Waals surface area contributed by atoms with Gasteiger partial charge in [0.1, 0.15) is 0 Å². The van der Waals surface area contributed by atoms with E-state index in [0.29, 0.717) is 6.54 Å². The predicted molar refractivity (Wildman–Crippen MR) is 71.1 cm³/mol. The lowest BCUT2D eigenvalue weighted by Crippen LogP contribution is -2.52. The van der Waals surface area contributed by atoms with Crippen molar-refractivity contribution in [2.45, 2.75) is 32.4 Å². The summed E-state index contributed by atoms with van der Waals surface area (Å²) >= 11 is 0. The summed E-state index contributed by atoms with van der Waals surface area (Å²) in [6.45, 7) is 4.98. The molecule has 3 nitrogen and oxygen atoms in total. The van der Waals surface area contributed by atoms with E-state index >= 15 is 0 Å². The van der Waals surface area contributed by atoms with Crippen molar-refractivity contribution in [2.24, 2.45) is 5.73 Å². The molecule has 0 unspecified atom stereocenters. The summed E-state index contributed by atoms with van der Waals surface area (Å²) in [6, 6.07) is 8.27. The maximum absolute atomic E-state index is 12.0. The highest BCUT2D eigenvalue weighted by Gasteiger charge is 2.29. The molecule has 0 fully saturated rings. The summed E-state index contributed by atoms with van der Waals surface area (Å²) in [5, 5.41) is 0. The second kappa shape index (κ2) is 5.07. The van der Waals surface area contributed by atoms with Gasteiger partial charge in [-0.1, -0.05) is 24.3 Å². The van der Waals surface area contributed by atoms with Gasteiger partial charge in [-0.05, 0) is 31.4 Å². The molecule has 1 aromatic rings. The Morgan fingerprint density at radius 1 is 1.29 bits per heavy atom. The number of halogens is 1. The Kier molecular flexibility index (Phi) is 4.17. The number of nitrogens with two attached hydrogens (primary N) is 1. The second-order valence-electron chi connectivity index (χ2n) is 4.97. The number of benzene rings is 1. The minimum atomic E-state index is -0.772. The van der Waals surface area contributed by atoms with Crippen LogP contribution in [0.4, 0.5) is 0 Å². The van der Waals surface area contributed by atoms with Gasteiger partial charge in [0.2, 0.25) is 5.91 Å². The third-order valence-corrected chi connectivity index (χ3v) is 2.97. The molecule has 0 spiro atoms. The molecular formula is C13H19ClN2O. The van der Waals surface area contributed by atoms with Crippen LogP contribution in [0.3, 0.4) is 0 Å². The summed E-state index contributed by atoms with van der Waals surface area (Å²) in [5.74, 6) is 0.0296. The molecule has 2 N–H and O–H groups in total. The van der Waals surface area contributed by atoms with Gasteiger partial charge in [0, 0.05) is 13.1 Å². The number of carbonyl (C=O) groups excluding carboxylic acids is 1. The Morgan fingerprint density at radius 2 is 1.88 bits per heavy atom. The van der Waals surface area contributed by atoms with E-state index in [0.717, 1.165) is 13.0 Å². The summed E-state index contributed by atoms with van der Waals surface area (Å²) in [4.78, 5) is 13.9. The third-order valence-electron chi connectivity index (χ3n) is 2.97. The van der Waals surface area contributed by atoms with E-state index in [-0.39, 0.29) is 18.3 Å². The molecule has 0 atom stereocenters. The second-order valence-corrected chi connectivity index (χ2v) is 4.97. The van der Waals surface area contributed by atoms with Gasteiger partial charge in [0.05, 0.1) is 5.54 Å². The van der Waals surface area contributed by atoms with Crippen molar-refractivity contribution in [3.05, 3.63) is 35.4 Å². The van der Waals surface area contributed by atoms with E-state index in [1.165, 1.54) is 11.1 Å². The molecule has 94 valence electrons. The molecule has 0 saturated heterocycles. The van der Waals surface area contributed by atoms with Gasteiger partial charge in [-0.15, -0.1) is 12.4 Å². The molecule has 1 heterocycles. The Balaban J connectivity index is 0.00000144. The van der Waals surface area contributed by atoms with Crippen LogP contribution in [-0.2, 0) is 17.8 Å². The molecular weight excluding hydrogens is 236 g/mol. The number of hydrogen-bond donors (Lipinski definition) is 1. The first kappa shape index (κ1) is 14.0. The highest BCUT2D eigenvalue weighted by molar-refractivity contribution is 5.85. The first-order valence-electron chi connectivity index (χ1n) is 5.63. The molecule has 0 aliphatic carbocycles. The number of hydrogen-bond acceptors (Lipinski definition) is 2. The maximum Gasteiger partial charge on any atom is 0.242 e. The molecule has 17 heavy (non-hydrogen) atoms. The molecule has 1 aliphatic rings. The van der Waals surface area contributed by atoms with Gasteiger partial charge in [-0.25, -0.2) is 0 Å². The number of nitrogens with zero attached hydrogens (tertiary/aromatic N) is 1. The fraction of sp³-hybridized carbons (Fsp3) is 0.462. The molecule has 2 rings (SSSR count). The fourth-order valence-electron chi connectivity index (χ4n) is 2.08.